The van der Waals surface area contributed by atoms with Crippen molar-refractivity contribution in [2.24, 2.45) is 0 Å². The third-order valence-electron chi connectivity index (χ3n) is 2.98. The first-order chi connectivity index (χ1) is 10.2. The molecule has 3 aromatic rings. The van der Waals surface area contributed by atoms with E-state index in [9.17, 15) is 0 Å². The number of hydrogen-bond donors (Lipinski definition) is 2. The van der Waals surface area contributed by atoms with Crippen molar-refractivity contribution in [3.63, 3.8) is 0 Å². The molecule has 3 N–H and O–H groups in total. The van der Waals surface area contributed by atoms with Gasteiger partial charge in [0.05, 0.1) is 0 Å². The molecule has 3 rings (SSSR count). The van der Waals surface area contributed by atoms with Gasteiger partial charge in [-0.25, -0.2) is 4.98 Å². The van der Waals surface area contributed by atoms with Crippen LogP contribution < -0.4 is 11.1 Å². The molecule has 0 aliphatic heterocycles. The van der Waals surface area contributed by atoms with Gasteiger partial charge in [0.15, 0.2) is 0 Å². The van der Waals surface area contributed by atoms with Gasteiger partial charge in [0, 0.05) is 11.8 Å². The lowest BCUT2D eigenvalue weighted by Crippen LogP contribution is -1.99. The molecular weight excluding hydrogens is 284 g/mol. The van der Waals surface area contributed by atoms with Crippen molar-refractivity contribution in [3.8, 4) is 11.1 Å². The molecule has 0 saturated carbocycles. The summed E-state index contributed by atoms with van der Waals surface area (Å²) in [5.74, 6) is 0.714. The molecule has 0 aliphatic carbocycles. The fourth-order valence-electron chi connectivity index (χ4n) is 2.02. The van der Waals surface area contributed by atoms with Crippen LogP contribution in [0.15, 0.2) is 60.7 Å². The second-order valence-corrected chi connectivity index (χ2v) is 4.89. The molecule has 0 aliphatic rings. The van der Waals surface area contributed by atoms with E-state index in [0.717, 1.165) is 11.3 Å². The third-order valence-corrected chi connectivity index (χ3v) is 3.17. The van der Waals surface area contributed by atoms with E-state index in [-0.39, 0.29) is 5.95 Å². The van der Waals surface area contributed by atoms with E-state index in [1.807, 2.05) is 42.5 Å². The van der Waals surface area contributed by atoms with E-state index in [1.165, 1.54) is 5.56 Å². The summed E-state index contributed by atoms with van der Waals surface area (Å²) in [4.78, 5) is 7.90. The van der Waals surface area contributed by atoms with Crippen LogP contribution in [0.3, 0.4) is 0 Å². The monoisotopic (exact) mass is 296 g/mol. The van der Waals surface area contributed by atoms with Gasteiger partial charge in [0.25, 0.3) is 0 Å². The van der Waals surface area contributed by atoms with Crippen LogP contribution in [-0.2, 0) is 0 Å². The van der Waals surface area contributed by atoms with Crippen molar-refractivity contribution in [1.82, 2.24) is 9.97 Å². The summed E-state index contributed by atoms with van der Waals surface area (Å²) in [6.45, 7) is 0. The first-order valence-electron chi connectivity index (χ1n) is 6.43. The molecule has 0 fully saturated rings. The van der Waals surface area contributed by atoms with E-state index >= 15 is 0 Å². The van der Waals surface area contributed by atoms with Crippen molar-refractivity contribution in [2.45, 2.75) is 0 Å². The summed E-state index contributed by atoms with van der Waals surface area (Å²) in [6.07, 6.45) is 0. The first-order valence-corrected chi connectivity index (χ1v) is 6.81. The van der Waals surface area contributed by atoms with Gasteiger partial charge < -0.3 is 11.1 Å². The number of hydrogen-bond acceptors (Lipinski definition) is 4. The molecule has 0 bridgehead atoms. The molecule has 1 heterocycles. The fraction of sp³-hybridized carbons (Fsp3) is 0. The minimum absolute atomic E-state index is 0.144. The number of rotatable bonds is 3. The number of nitrogens with zero attached hydrogens (tertiary/aromatic N) is 2. The Bertz CT molecular complexity index is 722. The van der Waals surface area contributed by atoms with Gasteiger partial charge in [-0.2, -0.15) is 4.98 Å². The van der Waals surface area contributed by atoms with Gasteiger partial charge >= 0.3 is 0 Å². The standard InChI is InChI=1S/C16H13ClN4/c17-14-10-15(21-16(18)20-14)19-13-8-6-12(7-9-13)11-4-2-1-3-5-11/h1-10H,(H3,18,19,20,21). The summed E-state index contributed by atoms with van der Waals surface area (Å²) in [5.41, 5.74) is 8.81. The van der Waals surface area contributed by atoms with Crippen LogP contribution in [0.5, 0.6) is 0 Å². The van der Waals surface area contributed by atoms with E-state index in [0.29, 0.717) is 11.0 Å². The summed E-state index contributed by atoms with van der Waals surface area (Å²) >= 11 is 5.85. The highest BCUT2D eigenvalue weighted by Gasteiger charge is 2.02. The number of nitrogens with two attached hydrogens (primary N) is 1. The zero-order valence-corrected chi connectivity index (χ0v) is 11.9. The molecule has 4 nitrogen and oxygen atoms in total. The largest absolute Gasteiger partial charge is 0.368 e. The number of aromatic nitrogens is 2. The Kier molecular flexibility index (Phi) is 3.71. The second kappa shape index (κ2) is 5.81. The molecule has 104 valence electrons. The zero-order chi connectivity index (χ0) is 14.7. The molecule has 0 atom stereocenters. The van der Waals surface area contributed by atoms with Crippen LogP contribution in [0.4, 0.5) is 17.5 Å². The normalized spacial score (nSPS) is 10.3. The van der Waals surface area contributed by atoms with E-state index in [4.69, 9.17) is 17.3 Å². The number of nitrogen functional groups attached to an aromatic ring is 1. The van der Waals surface area contributed by atoms with Gasteiger partial charge in [0.2, 0.25) is 5.95 Å². The van der Waals surface area contributed by atoms with Crippen molar-refractivity contribution in [1.29, 1.82) is 0 Å². The molecular formula is C16H13ClN4. The highest BCUT2D eigenvalue weighted by Crippen LogP contribution is 2.23. The molecule has 0 saturated heterocycles. The Balaban J connectivity index is 1.81. The van der Waals surface area contributed by atoms with Gasteiger partial charge in [-0.3, -0.25) is 0 Å². The molecule has 2 aromatic carbocycles. The maximum absolute atomic E-state index is 5.85. The van der Waals surface area contributed by atoms with Crippen LogP contribution >= 0.6 is 11.6 Å². The molecule has 0 radical (unpaired) electrons. The number of halogens is 1. The SMILES string of the molecule is Nc1nc(Cl)cc(Nc2ccc(-c3ccccc3)cc2)n1. The Morgan fingerprint density at radius 3 is 2.19 bits per heavy atom. The molecule has 21 heavy (non-hydrogen) atoms. The highest BCUT2D eigenvalue weighted by atomic mass is 35.5. The summed E-state index contributed by atoms with van der Waals surface area (Å²) in [7, 11) is 0. The van der Waals surface area contributed by atoms with Crippen LogP contribution in [-0.4, -0.2) is 9.97 Å². The van der Waals surface area contributed by atoms with Crippen LogP contribution in [0.1, 0.15) is 0 Å². The molecule has 5 heteroatoms. The number of anilines is 3. The lowest BCUT2D eigenvalue weighted by Gasteiger charge is -2.08. The lowest BCUT2D eigenvalue weighted by atomic mass is 10.1. The summed E-state index contributed by atoms with van der Waals surface area (Å²) in [6, 6.07) is 19.9. The summed E-state index contributed by atoms with van der Waals surface area (Å²) < 4.78 is 0. The van der Waals surface area contributed by atoms with Crippen molar-refractivity contribution in [2.75, 3.05) is 11.1 Å². The predicted molar refractivity (Wildman–Crippen MR) is 86.6 cm³/mol. The fourth-order valence-corrected chi connectivity index (χ4v) is 2.21. The predicted octanol–water partition coefficient (Wildman–Crippen LogP) is 4.12. The maximum atomic E-state index is 5.85. The molecule has 0 spiro atoms. The Morgan fingerprint density at radius 2 is 1.52 bits per heavy atom. The van der Waals surface area contributed by atoms with Gasteiger partial charge in [-0.15, -0.1) is 0 Å². The van der Waals surface area contributed by atoms with E-state index in [2.05, 4.69) is 27.4 Å². The number of benzene rings is 2. The van der Waals surface area contributed by atoms with Gasteiger partial charge in [-0.1, -0.05) is 54.1 Å². The topological polar surface area (TPSA) is 63.8 Å². The van der Waals surface area contributed by atoms with Crippen LogP contribution in [0.25, 0.3) is 11.1 Å². The van der Waals surface area contributed by atoms with Crippen molar-refractivity contribution >= 4 is 29.1 Å². The minimum Gasteiger partial charge on any atom is -0.368 e. The van der Waals surface area contributed by atoms with Crippen molar-refractivity contribution in [3.05, 3.63) is 65.8 Å². The third kappa shape index (κ3) is 3.30. The lowest BCUT2D eigenvalue weighted by molar-refractivity contribution is 1.18. The Morgan fingerprint density at radius 1 is 0.857 bits per heavy atom. The van der Waals surface area contributed by atoms with E-state index in [1.54, 1.807) is 6.07 Å². The smallest absolute Gasteiger partial charge is 0.223 e. The molecule has 0 unspecified atom stereocenters. The molecule has 0 amide bonds. The van der Waals surface area contributed by atoms with Gasteiger partial charge in [0.1, 0.15) is 11.0 Å². The Labute approximate surface area is 127 Å². The average Bonchev–Trinajstić information content (AvgIpc) is 2.48. The zero-order valence-electron chi connectivity index (χ0n) is 11.1. The minimum atomic E-state index is 0.144. The Hall–Kier alpha value is -2.59. The first kappa shape index (κ1) is 13.4. The summed E-state index contributed by atoms with van der Waals surface area (Å²) in [5, 5.41) is 3.46. The van der Waals surface area contributed by atoms with Gasteiger partial charge in [-0.05, 0) is 23.3 Å². The maximum Gasteiger partial charge on any atom is 0.223 e. The van der Waals surface area contributed by atoms with Crippen molar-refractivity contribution < 1.29 is 0 Å². The van der Waals surface area contributed by atoms with Crippen LogP contribution in [0.2, 0.25) is 5.15 Å². The second-order valence-electron chi connectivity index (χ2n) is 4.50. The quantitative estimate of drug-likeness (QED) is 0.714. The van der Waals surface area contributed by atoms with Crippen LogP contribution in [0, 0.1) is 0 Å². The molecule has 1 aromatic heterocycles. The number of nitrogens with one attached hydrogen (secondary N) is 1. The average molecular weight is 297 g/mol. The highest BCUT2D eigenvalue weighted by molar-refractivity contribution is 6.29. The van der Waals surface area contributed by atoms with E-state index < -0.39 is 0 Å².